The van der Waals surface area contributed by atoms with Crippen LogP contribution in [0.15, 0.2) is 23.2 Å². The molecule has 1 N–H and O–H groups in total. The summed E-state index contributed by atoms with van der Waals surface area (Å²) in [6.45, 7) is 0.922. The third kappa shape index (κ3) is 1.47. The monoisotopic (exact) mass is 314 g/mol. The molecule has 1 aromatic rings. The quantitative estimate of drug-likeness (QED) is 0.747. The van der Waals surface area contributed by atoms with Crippen LogP contribution in [0.2, 0.25) is 0 Å². The molecule has 3 nitrogen and oxygen atoms in total. The summed E-state index contributed by atoms with van der Waals surface area (Å²) in [5.74, 6) is 1.04. The maximum atomic E-state index is 10.2. The molecular formula is C11H11IN2O. The van der Waals surface area contributed by atoms with Gasteiger partial charge in [-0.2, -0.15) is 0 Å². The first-order chi connectivity index (χ1) is 7.25. The van der Waals surface area contributed by atoms with Gasteiger partial charge in [-0.15, -0.1) is 0 Å². The zero-order valence-electron chi connectivity index (χ0n) is 8.15. The Morgan fingerprint density at radius 3 is 3.20 bits per heavy atom. The molecule has 0 amide bonds. The van der Waals surface area contributed by atoms with E-state index in [-0.39, 0.29) is 0 Å². The Morgan fingerprint density at radius 1 is 1.47 bits per heavy atom. The Labute approximate surface area is 102 Å². The molecule has 2 aliphatic rings. The van der Waals surface area contributed by atoms with E-state index in [0.29, 0.717) is 0 Å². The molecule has 0 spiro atoms. The van der Waals surface area contributed by atoms with Gasteiger partial charge in [-0.05, 0) is 47.2 Å². The van der Waals surface area contributed by atoms with Crippen molar-refractivity contribution in [2.75, 3.05) is 6.54 Å². The Morgan fingerprint density at radius 2 is 2.33 bits per heavy atom. The summed E-state index contributed by atoms with van der Waals surface area (Å²) < 4.78 is 1.14. The van der Waals surface area contributed by atoms with Gasteiger partial charge in [0.15, 0.2) is 6.23 Å². The van der Waals surface area contributed by atoms with Crippen molar-refractivity contribution in [3.63, 3.8) is 0 Å². The number of hydrogen-bond donors (Lipinski definition) is 1. The molecule has 1 fully saturated rings. The highest BCUT2D eigenvalue weighted by atomic mass is 127. The van der Waals surface area contributed by atoms with E-state index < -0.39 is 6.23 Å². The number of amidine groups is 1. The van der Waals surface area contributed by atoms with Crippen LogP contribution in [0.1, 0.15) is 24.6 Å². The smallest absolute Gasteiger partial charge is 0.156 e. The fourth-order valence-electron chi connectivity index (χ4n) is 2.20. The highest BCUT2D eigenvalue weighted by Crippen LogP contribution is 2.37. The van der Waals surface area contributed by atoms with Gasteiger partial charge in [0.2, 0.25) is 0 Å². The lowest BCUT2D eigenvalue weighted by Gasteiger charge is -2.30. The van der Waals surface area contributed by atoms with Gasteiger partial charge in [0.1, 0.15) is 5.84 Å². The van der Waals surface area contributed by atoms with Crippen molar-refractivity contribution in [1.82, 2.24) is 4.90 Å². The molecule has 1 aromatic carbocycles. The zero-order valence-corrected chi connectivity index (χ0v) is 10.3. The Balaban J connectivity index is 2.15. The van der Waals surface area contributed by atoms with E-state index in [1.54, 1.807) is 0 Å². The molecule has 0 bridgehead atoms. The maximum absolute atomic E-state index is 10.2. The zero-order chi connectivity index (χ0) is 10.4. The fourth-order valence-corrected chi connectivity index (χ4v) is 2.72. The van der Waals surface area contributed by atoms with Gasteiger partial charge < -0.3 is 10.0 Å². The molecule has 2 heterocycles. The van der Waals surface area contributed by atoms with Gasteiger partial charge in [0.25, 0.3) is 0 Å². The Bertz CT molecular complexity index is 444. The summed E-state index contributed by atoms with van der Waals surface area (Å²) in [5.41, 5.74) is 1.86. The molecular weight excluding hydrogens is 303 g/mol. The standard InChI is InChI=1S/C11H11IN2O/c12-7-3-4-9-8(6-7)11(15)14-5-1-2-10(14)13-9/h3-4,6,11,15H,1-2,5H2. The number of halogens is 1. The lowest BCUT2D eigenvalue weighted by Crippen LogP contribution is -2.32. The van der Waals surface area contributed by atoms with Crippen LogP contribution in [0.5, 0.6) is 0 Å². The third-order valence-corrected chi connectivity index (χ3v) is 3.61. The van der Waals surface area contributed by atoms with Crippen molar-refractivity contribution >= 4 is 34.1 Å². The summed E-state index contributed by atoms with van der Waals surface area (Å²) in [5, 5.41) is 10.2. The van der Waals surface area contributed by atoms with Crippen molar-refractivity contribution in [2.45, 2.75) is 19.1 Å². The van der Waals surface area contributed by atoms with Gasteiger partial charge >= 0.3 is 0 Å². The van der Waals surface area contributed by atoms with Crippen LogP contribution < -0.4 is 0 Å². The van der Waals surface area contributed by atoms with Crippen LogP contribution in [0, 0.1) is 3.57 Å². The number of benzene rings is 1. The Hall–Kier alpha value is -0.620. The van der Waals surface area contributed by atoms with Gasteiger partial charge in [0, 0.05) is 22.1 Å². The number of aliphatic imine (C=N–C) groups is 1. The van der Waals surface area contributed by atoms with Crippen molar-refractivity contribution in [2.24, 2.45) is 4.99 Å². The molecule has 4 heteroatoms. The molecule has 1 saturated heterocycles. The number of rotatable bonds is 0. The van der Waals surface area contributed by atoms with Gasteiger partial charge in [0.05, 0.1) is 5.69 Å². The summed E-state index contributed by atoms with van der Waals surface area (Å²) in [4.78, 5) is 6.58. The average molecular weight is 314 g/mol. The summed E-state index contributed by atoms with van der Waals surface area (Å²) in [6, 6.07) is 6.03. The van der Waals surface area contributed by atoms with Crippen molar-refractivity contribution < 1.29 is 5.11 Å². The minimum atomic E-state index is -0.496. The first-order valence-electron chi connectivity index (χ1n) is 5.07. The Kier molecular flexibility index (Phi) is 2.21. The largest absolute Gasteiger partial charge is 0.369 e. The molecule has 1 atom stereocenters. The maximum Gasteiger partial charge on any atom is 0.156 e. The van der Waals surface area contributed by atoms with Crippen LogP contribution in [0.4, 0.5) is 5.69 Å². The van der Waals surface area contributed by atoms with Crippen molar-refractivity contribution in [3.8, 4) is 0 Å². The van der Waals surface area contributed by atoms with E-state index in [0.717, 1.165) is 40.0 Å². The fraction of sp³-hybridized carbons (Fsp3) is 0.364. The van der Waals surface area contributed by atoms with E-state index in [2.05, 4.69) is 27.6 Å². The topological polar surface area (TPSA) is 35.8 Å². The van der Waals surface area contributed by atoms with Crippen LogP contribution in [0.3, 0.4) is 0 Å². The number of fused-ring (bicyclic) bond motifs is 2. The summed E-state index contributed by atoms with van der Waals surface area (Å²) >= 11 is 2.26. The van der Waals surface area contributed by atoms with Crippen molar-refractivity contribution in [3.05, 3.63) is 27.3 Å². The van der Waals surface area contributed by atoms with E-state index in [4.69, 9.17) is 0 Å². The van der Waals surface area contributed by atoms with Gasteiger partial charge in [-0.1, -0.05) is 0 Å². The second-order valence-electron chi connectivity index (χ2n) is 3.90. The first kappa shape index (κ1) is 9.59. The van der Waals surface area contributed by atoms with Gasteiger partial charge in [-0.3, -0.25) is 0 Å². The molecule has 78 valence electrons. The first-order valence-corrected chi connectivity index (χ1v) is 6.15. The molecule has 0 aromatic heterocycles. The highest BCUT2D eigenvalue weighted by Gasteiger charge is 2.31. The third-order valence-electron chi connectivity index (χ3n) is 2.94. The van der Waals surface area contributed by atoms with E-state index >= 15 is 0 Å². The van der Waals surface area contributed by atoms with Gasteiger partial charge in [-0.25, -0.2) is 4.99 Å². The number of aliphatic hydroxyl groups is 1. The second-order valence-corrected chi connectivity index (χ2v) is 5.15. The van der Waals surface area contributed by atoms with Crippen LogP contribution in [0.25, 0.3) is 0 Å². The normalized spacial score (nSPS) is 23.5. The van der Waals surface area contributed by atoms with E-state index in [1.165, 1.54) is 0 Å². The highest BCUT2D eigenvalue weighted by molar-refractivity contribution is 14.1. The number of hydrogen-bond acceptors (Lipinski definition) is 3. The van der Waals surface area contributed by atoms with Crippen molar-refractivity contribution in [1.29, 1.82) is 0 Å². The molecule has 0 saturated carbocycles. The lowest BCUT2D eigenvalue weighted by molar-refractivity contribution is 0.0576. The van der Waals surface area contributed by atoms with E-state index in [9.17, 15) is 5.11 Å². The second kappa shape index (κ2) is 3.45. The molecule has 1 unspecified atom stereocenters. The summed E-state index contributed by atoms with van der Waals surface area (Å²) in [6.07, 6.45) is 1.59. The molecule has 2 aliphatic heterocycles. The van der Waals surface area contributed by atoms with E-state index in [1.807, 2.05) is 23.1 Å². The van der Waals surface area contributed by atoms with Crippen LogP contribution >= 0.6 is 22.6 Å². The summed E-state index contributed by atoms with van der Waals surface area (Å²) in [7, 11) is 0. The number of nitrogens with zero attached hydrogens (tertiary/aromatic N) is 2. The van der Waals surface area contributed by atoms with Crippen LogP contribution in [-0.2, 0) is 0 Å². The van der Waals surface area contributed by atoms with Crippen LogP contribution in [-0.4, -0.2) is 22.4 Å². The average Bonchev–Trinajstić information content (AvgIpc) is 2.68. The SMILES string of the molecule is OC1c2cc(I)ccc2N=C2CCCN21. The number of aliphatic hydroxyl groups excluding tert-OH is 1. The lowest BCUT2D eigenvalue weighted by atomic mass is 10.1. The predicted molar refractivity (Wildman–Crippen MR) is 67.2 cm³/mol. The minimum absolute atomic E-state index is 0.496. The molecule has 0 radical (unpaired) electrons. The molecule has 0 aliphatic carbocycles. The molecule has 15 heavy (non-hydrogen) atoms. The predicted octanol–water partition coefficient (Wildman–Crippen LogP) is 2.42. The molecule has 3 rings (SSSR count). The minimum Gasteiger partial charge on any atom is -0.369 e.